The molecule has 1 saturated heterocycles. The molecule has 152 valence electrons. The van der Waals surface area contributed by atoms with Crippen LogP contribution in [-0.2, 0) is 11.3 Å². The molecule has 0 bridgehead atoms. The molecule has 2 aromatic rings. The Kier molecular flexibility index (Phi) is 5.56. The average Bonchev–Trinajstić information content (AvgIpc) is 3.30. The van der Waals surface area contributed by atoms with Crippen molar-refractivity contribution in [1.82, 2.24) is 14.9 Å². The molecule has 28 heavy (non-hydrogen) atoms. The van der Waals surface area contributed by atoms with Crippen molar-refractivity contribution < 1.29 is 18.3 Å². The minimum absolute atomic E-state index is 0.0844. The van der Waals surface area contributed by atoms with E-state index in [2.05, 4.69) is 10.3 Å². The summed E-state index contributed by atoms with van der Waals surface area (Å²) in [5.41, 5.74) is 1.16. The summed E-state index contributed by atoms with van der Waals surface area (Å²) in [6.07, 6.45) is 5.06. The minimum Gasteiger partial charge on any atom is -0.381 e. The molecular formula is C20H24ClF2N3O2. The van der Waals surface area contributed by atoms with Crippen LogP contribution in [0.15, 0.2) is 18.5 Å². The first kappa shape index (κ1) is 19.6. The van der Waals surface area contributed by atoms with E-state index in [-0.39, 0.29) is 24.7 Å². The van der Waals surface area contributed by atoms with E-state index in [9.17, 15) is 13.6 Å². The van der Waals surface area contributed by atoms with Gasteiger partial charge in [-0.05, 0) is 31.2 Å². The zero-order chi connectivity index (χ0) is 19.7. The second-order valence-corrected chi connectivity index (χ2v) is 8.33. The van der Waals surface area contributed by atoms with Crippen molar-refractivity contribution in [3.05, 3.63) is 29.0 Å². The van der Waals surface area contributed by atoms with E-state index in [0.717, 1.165) is 19.6 Å². The normalized spacial score (nSPS) is 22.6. The number of ether oxygens (including phenoxy) is 1. The highest BCUT2D eigenvalue weighted by atomic mass is 35.5. The van der Waals surface area contributed by atoms with Gasteiger partial charge in [-0.25, -0.2) is 13.8 Å². The van der Waals surface area contributed by atoms with Crippen LogP contribution in [0, 0.1) is 11.8 Å². The Morgan fingerprint density at radius 2 is 2.11 bits per heavy atom. The van der Waals surface area contributed by atoms with Gasteiger partial charge in [0.15, 0.2) is 0 Å². The van der Waals surface area contributed by atoms with Crippen LogP contribution in [0.3, 0.4) is 0 Å². The fourth-order valence-electron chi connectivity index (χ4n) is 4.13. The van der Waals surface area contributed by atoms with Crippen molar-refractivity contribution in [3.63, 3.8) is 0 Å². The highest BCUT2D eigenvalue weighted by molar-refractivity contribution is 6.36. The highest BCUT2D eigenvalue weighted by Gasteiger charge is 2.35. The number of amides is 1. The summed E-state index contributed by atoms with van der Waals surface area (Å²) in [5, 5.41) is 4.03. The van der Waals surface area contributed by atoms with Crippen LogP contribution >= 0.6 is 11.6 Å². The zero-order valence-corrected chi connectivity index (χ0v) is 16.4. The van der Waals surface area contributed by atoms with Crippen molar-refractivity contribution in [1.29, 1.82) is 0 Å². The molecule has 1 aliphatic heterocycles. The van der Waals surface area contributed by atoms with Crippen LogP contribution in [0.25, 0.3) is 11.0 Å². The molecule has 1 N–H and O–H groups in total. The Bertz CT molecular complexity index is 854. The van der Waals surface area contributed by atoms with E-state index in [1.807, 2.05) is 4.57 Å². The van der Waals surface area contributed by atoms with Gasteiger partial charge >= 0.3 is 0 Å². The van der Waals surface area contributed by atoms with Gasteiger partial charge in [0, 0.05) is 50.8 Å². The third kappa shape index (κ3) is 4.15. The van der Waals surface area contributed by atoms with Crippen molar-refractivity contribution >= 4 is 28.5 Å². The second kappa shape index (κ2) is 7.95. The second-order valence-electron chi connectivity index (χ2n) is 7.93. The predicted molar refractivity (Wildman–Crippen MR) is 103 cm³/mol. The maximum atomic E-state index is 13.3. The van der Waals surface area contributed by atoms with Gasteiger partial charge < -0.3 is 14.6 Å². The molecule has 1 unspecified atom stereocenters. The number of alkyl halides is 2. The Balaban J connectivity index is 1.50. The molecule has 1 amide bonds. The number of nitrogens with zero attached hydrogens (tertiary/aromatic N) is 2. The molecule has 1 saturated carbocycles. The van der Waals surface area contributed by atoms with Gasteiger partial charge in [0.2, 0.25) is 5.92 Å². The summed E-state index contributed by atoms with van der Waals surface area (Å²) in [4.78, 5) is 17.3. The van der Waals surface area contributed by atoms with Crippen LogP contribution in [0.2, 0.25) is 5.02 Å². The molecule has 2 fully saturated rings. The lowest BCUT2D eigenvalue weighted by Gasteiger charge is -2.28. The van der Waals surface area contributed by atoms with Crippen molar-refractivity contribution in [3.8, 4) is 0 Å². The number of halogens is 3. The van der Waals surface area contributed by atoms with Gasteiger partial charge in [0.05, 0.1) is 22.6 Å². The first-order valence-electron chi connectivity index (χ1n) is 9.80. The topological polar surface area (TPSA) is 56.2 Å². The lowest BCUT2D eigenvalue weighted by molar-refractivity contribution is -0.0452. The number of carbonyl (C=O) groups is 1. The van der Waals surface area contributed by atoms with Crippen molar-refractivity contribution in [2.45, 2.75) is 44.6 Å². The largest absolute Gasteiger partial charge is 0.381 e. The number of pyridine rings is 1. The molecule has 8 heteroatoms. The van der Waals surface area contributed by atoms with E-state index < -0.39 is 5.92 Å². The van der Waals surface area contributed by atoms with E-state index in [4.69, 9.17) is 16.3 Å². The smallest absolute Gasteiger partial charge is 0.253 e. The molecule has 2 aliphatic rings. The van der Waals surface area contributed by atoms with Crippen LogP contribution in [0.5, 0.6) is 0 Å². The number of hydrogen-bond acceptors (Lipinski definition) is 3. The Hall–Kier alpha value is -1.73. The maximum absolute atomic E-state index is 13.3. The first-order chi connectivity index (χ1) is 13.4. The van der Waals surface area contributed by atoms with Gasteiger partial charge in [0.1, 0.15) is 5.65 Å². The minimum atomic E-state index is -2.56. The number of fused-ring (bicyclic) bond motifs is 1. The van der Waals surface area contributed by atoms with Crippen LogP contribution in [0.4, 0.5) is 8.78 Å². The summed E-state index contributed by atoms with van der Waals surface area (Å²) in [5.74, 6) is -2.33. The molecule has 4 rings (SSSR count). The zero-order valence-electron chi connectivity index (χ0n) is 15.6. The Morgan fingerprint density at radius 3 is 2.82 bits per heavy atom. The van der Waals surface area contributed by atoms with Gasteiger partial charge in [0.25, 0.3) is 5.91 Å². The van der Waals surface area contributed by atoms with Gasteiger partial charge in [-0.15, -0.1) is 0 Å². The average molecular weight is 412 g/mol. The Morgan fingerprint density at radius 1 is 1.32 bits per heavy atom. The summed E-state index contributed by atoms with van der Waals surface area (Å²) in [7, 11) is 0. The molecular weight excluding hydrogens is 388 g/mol. The summed E-state index contributed by atoms with van der Waals surface area (Å²) in [6.45, 7) is 2.57. The fourth-order valence-corrected chi connectivity index (χ4v) is 4.37. The van der Waals surface area contributed by atoms with E-state index >= 15 is 0 Å². The molecule has 1 atom stereocenters. The number of aromatic nitrogens is 2. The number of rotatable bonds is 5. The summed E-state index contributed by atoms with van der Waals surface area (Å²) >= 11 is 6.38. The van der Waals surface area contributed by atoms with Crippen LogP contribution in [-0.4, -0.2) is 41.1 Å². The standard InChI is InChI=1S/C20H24ClF2N3O2/c21-16-3-7-24-18-17(16)15(11-26(18)10-14-4-8-28-12-14)19(27)25-9-13-1-5-20(22,23)6-2-13/h3,7,11,13-14H,1-2,4-6,8-10,12H2,(H,25,27). The van der Waals surface area contributed by atoms with Gasteiger partial charge in [-0.3, -0.25) is 4.79 Å². The van der Waals surface area contributed by atoms with Crippen LogP contribution < -0.4 is 5.32 Å². The third-order valence-electron chi connectivity index (χ3n) is 5.82. The molecule has 3 heterocycles. The van der Waals surface area contributed by atoms with E-state index in [1.54, 1.807) is 18.5 Å². The lowest BCUT2D eigenvalue weighted by Crippen LogP contribution is -2.33. The monoisotopic (exact) mass is 411 g/mol. The number of carbonyl (C=O) groups excluding carboxylic acids is 1. The number of nitrogens with one attached hydrogen (secondary N) is 1. The summed E-state index contributed by atoms with van der Waals surface area (Å²) in [6, 6.07) is 1.67. The predicted octanol–water partition coefficient (Wildman–Crippen LogP) is 4.28. The van der Waals surface area contributed by atoms with Gasteiger partial charge in [-0.1, -0.05) is 11.6 Å². The molecule has 0 radical (unpaired) electrons. The van der Waals surface area contributed by atoms with Crippen molar-refractivity contribution in [2.24, 2.45) is 11.8 Å². The quantitative estimate of drug-likeness (QED) is 0.798. The highest BCUT2D eigenvalue weighted by Crippen LogP contribution is 2.36. The van der Waals surface area contributed by atoms with E-state index in [1.165, 1.54) is 0 Å². The maximum Gasteiger partial charge on any atom is 0.253 e. The molecule has 2 aromatic heterocycles. The van der Waals surface area contributed by atoms with E-state index in [0.29, 0.717) is 53.5 Å². The van der Waals surface area contributed by atoms with Gasteiger partial charge in [-0.2, -0.15) is 0 Å². The lowest BCUT2D eigenvalue weighted by atomic mass is 9.87. The fraction of sp³-hybridized carbons (Fsp3) is 0.600. The molecule has 0 aromatic carbocycles. The molecule has 5 nitrogen and oxygen atoms in total. The first-order valence-corrected chi connectivity index (χ1v) is 10.2. The molecule has 1 aliphatic carbocycles. The third-order valence-corrected chi connectivity index (χ3v) is 6.13. The number of hydrogen-bond donors (Lipinski definition) is 1. The summed E-state index contributed by atoms with van der Waals surface area (Å²) < 4.78 is 34.0. The van der Waals surface area contributed by atoms with Crippen LogP contribution in [0.1, 0.15) is 42.5 Å². The molecule has 0 spiro atoms. The SMILES string of the molecule is O=C(NCC1CCC(F)(F)CC1)c1cn(CC2CCOC2)c2nccc(Cl)c12. The Labute approximate surface area is 167 Å². The van der Waals surface area contributed by atoms with Crippen molar-refractivity contribution in [2.75, 3.05) is 19.8 Å².